The van der Waals surface area contributed by atoms with Gasteiger partial charge in [0.25, 0.3) is 0 Å². The summed E-state index contributed by atoms with van der Waals surface area (Å²) < 4.78 is 1.25. The highest BCUT2D eigenvalue weighted by Gasteiger charge is 2.48. The first kappa shape index (κ1) is 9.89. The average molecular weight is 265 g/mol. The number of hydrogen-bond acceptors (Lipinski definition) is 0. The maximum atomic E-state index is 3.60. The smallest absolute Gasteiger partial charge is 0.0178 e. The lowest BCUT2D eigenvalue weighted by atomic mass is 9.61. The second-order valence-electron chi connectivity index (χ2n) is 5.20. The molecule has 2 aliphatic rings. The Morgan fingerprint density at radius 1 is 1.40 bits per heavy atom. The Morgan fingerprint density at radius 3 is 2.80 bits per heavy atom. The van der Waals surface area contributed by atoms with Gasteiger partial charge in [-0.25, -0.2) is 0 Å². The molecule has 1 aromatic rings. The summed E-state index contributed by atoms with van der Waals surface area (Å²) in [5, 5.41) is 0. The maximum absolute atomic E-state index is 3.60. The van der Waals surface area contributed by atoms with E-state index in [0.717, 1.165) is 5.92 Å². The molecular formula is C14H17Br. The fraction of sp³-hybridized carbons (Fsp3) is 0.571. The molecule has 0 aliphatic heterocycles. The van der Waals surface area contributed by atoms with Crippen LogP contribution in [0, 0.1) is 5.41 Å². The molecule has 1 heteroatoms. The van der Waals surface area contributed by atoms with Gasteiger partial charge in [-0.2, -0.15) is 0 Å². The van der Waals surface area contributed by atoms with Gasteiger partial charge in [0.15, 0.2) is 0 Å². The van der Waals surface area contributed by atoms with Crippen molar-refractivity contribution < 1.29 is 0 Å². The molecule has 0 saturated heterocycles. The van der Waals surface area contributed by atoms with Crippen LogP contribution in [0.4, 0.5) is 0 Å². The van der Waals surface area contributed by atoms with Crippen molar-refractivity contribution in [3.05, 3.63) is 33.8 Å². The molecule has 0 radical (unpaired) electrons. The van der Waals surface area contributed by atoms with Crippen LogP contribution < -0.4 is 0 Å². The standard InChI is InChI=1S/C14H17Br/c1-2-13-12-8-11(15)5-4-10(12)9-14(13)6-3-7-14/h4-5,8,13H,2-3,6-7,9H2,1H3. The second-order valence-corrected chi connectivity index (χ2v) is 6.11. The van der Waals surface area contributed by atoms with Crippen LogP contribution in [0.15, 0.2) is 22.7 Å². The van der Waals surface area contributed by atoms with Gasteiger partial charge in [0.05, 0.1) is 0 Å². The largest absolute Gasteiger partial charge is 0.0648 e. The van der Waals surface area contributed by atoms with Gasteiger partial charge >= 0.3 is 0 Å². The van der Waals surface area contributed by atoms with Gasteiger partial charge in [-0.15, -0.1) is 0 Å². The van der Waals surface area contributed by atoms with E-state index in [1.54, 1.807) is 11.1 Å². The fourth-order valence-electron chi connectivity index (χ4n) is 3.69. The van der Waals surface area contributed by atoms with E-state index in [2.05, 4.69) is 41.1 Å². The molecule has 1 atom stereocenters. The molecule has 0 bridgehead atoms. The van der Waals surface area contributed by atoms with Crippen molar-refractivity contribution in [2.24, 2.45) is 5.41 Å². The highest BCUT2D eigenvalue weighted by atomic mass is 79.9. The summed E-state index contributed by atoms with van der Waals surface area (Å²) >= 11 is 3.60. The van der Waals surface area contributed by atoms with Gasteiger partial charge in [0.1, 0.15) is 0 Å². The number of fused-ring (bicyclic) bond motifs is 1. The SMILES string of the molecule is CCC1c2cc(Br)ccc2CC12CCC2. The van der Waals surface area contributed by atoms with Crippen LogP contribution in [0.1, 0.15) is 49.7 Å². The topological polar surface area (TPSA) is 0 Å². The molecule has 80 valence electrons. The molecule has 1 spiro atoms. The molecule has 0 amide bonds. The molecule has 1 fully saturated rings. The number of halogens is 1. The summed E-state index contributed by atoms with van der Waals surface area (Å²) in [6, 6.07) is 6.88. The van der Waals surface area contributed by atoms with E-state index in [1.165, 1.54) is 36.6 Å². The van der Waals surface area contributed by atoms with E-state index in [1.807, 2.05) is 0 Å². The molecule has 0 aromatic heterocycles. The summed E-state index contributed by atoms with van der Waals surface area (Å²) in [6.07, 6.45) is 7.01. The van der Waals surface area contributed by atoms with Crippen LogP contribution in [0.5, 0.6) is 0 Å². The Labute approximate surface area is 100 Å². The van der Waals surface area contributed by atoms with Crippen molar-refractivity contribution >= 4 is 15.9 Å². The normalized spacial score (nSPS) is 26.4. The molecule has 15 heavy (non-hydrogen) atoms. The van der Waals surface area contributed by atoms with Crippen LogP contribution in [-0.4, -0.2) is 0 Å². The van der Waals surface area contributed by atoms with Gasteiger partial charge in [0.2, 0.25) is 0 Å². The lowest BCUT2D eigenvalue weighted by Crippen LogP contribution is -2.33. The minimum atomic E-state index is 0.665. The maximum Gasteiger partial charge on any atom is 0.0178 e. The van der Waals surface area contributed by atoms with E-state index in [0.29, 0.717) is 5.41 Å². The van der Waals surface area contributed by atoms with Crippen molar-refractivity contribution in [1.82, 2.24) is 0 Å². The van der Waals surface area contributed by atoms with E-state index in [4.69, 9.17) is 0 Å². The molecule has 3 rings (SSSR count). The predicted octanol–water partition coefficient (Wildman–Crippen LogP) is 4.67. The van der Waals surface area contributed by atoms with E-state index < -0.39 is 0 Å². The van der Waals surface area contributed by atoms with Crippen LogP contribution in [0.25, 0.3) is 0 Å². The zero-order chi connectivity index (χ0) is 10.5. The third-order valence-electron chi connectivity index (χ3n) is 4.52. The molecule has 0 nitrogen and oxygen atoms in total. The van der Waals surface area contributed by atoms with E-state index in [9.17, 15) is 0 Å². The van der Waals surface area contributed by atoms with Crippen molar-refractivity contribution in [1.29, 1.82) is 0 Å². The second kappa shape index (κ2) is 3.35. The summed E-state index contributed by atoms with van der Waals surface area (Å²) in [5.74, 6) is 0.832. The highest BCUT2D eigenvalue weighted by molar-refractivity contribution is 9.10. The van der Waals surface area contributed by atoms with Crippen LogP contribution in [0.3, 0.4) is 0 Å². The lowest BCUT2D eigenvalue weighted by Gasteiger charge is -2.43. The molecule has 1 aromatic carbocycles. The fourth-order valence-corrected chi connectivity index (χ4v) is 4.07. The molecular weight excluding hydrogens is 248 g/mol. The summed E-state index contributed by atoms with van der Waals surface area (Å²) in [7, 11) is 0. The number of hydrogen-bond donors (Lipinski definition) is 0. The Hall–Kier alpha value is -0.300. The Balaban J connectivity index is 2.06. The van der Waals surface area contributed by atoms with Gasteiger partial charge in [-0.1, -0.05) is 35.3 Å². The van der Waals surface area contributed by atoms with Crippen LogP contribution in [-0.2, 0) is 6.42 Å². The van der Waals surface area contributed by atoms with Gasteiger partial charge < -0.3 is 0 Å². The quantitative estimate of drug-likeness (QED) is 0.692. The first-order chi connectivity index (χ1) is 7.25. The van der Waals surface area contributed by atoms with Crippen molar-refractivity contribution in [2.45, 2.75) is 44.9 Å². The minimum Gasteiger partial charge on any atom is -0.0648 e. The Bertz CT molecular complexity index is 390. The summed E-state index contributed by atoms with van der Waals surface area (Å²) in [5.41, 5.74) is 3.91. The van der Waals surface area contributed by atoms with Gasteiger partial charge in [0, 0.05) is 4.47 Å². The predicted molar refractivity (Wildman–Crippen MR) is 67.2 cm³/mol. The Kier molecular flexibility index (Phi) is 2.21. The molecule has 0 N–H and O–H groups in total. The highest BCUT2D eigenvalue weighted by Crippen LogP contribution is 2.60. The molecule has 0 heterocycles. The molecule has 1 saturated carbocycles. The third kappa shape index (κ3) is 1.32. The zero-order valence-electron chi connectivity index (χ0n) is 9.22. The van der Waals surface area contributed by atoms with Gasteiger partial charge in [-0.3, -0.25) is 0 Å². The Morgan fingerprint density at radius 2 is 2.20 bits per heavy atom. The van der Waals surface area contributed by atoms with Crippen molar-refractivity contribution in [3.8, 4) is 0 Å². The van der Waals surface area contributed by atoms with Crippen LogP contribution in [0.2, 0.25) is 0 Å². The lowest BCUT2D eigenvalue weighted by molar-refractivity contribution is 0.106. The minimum absolute atomic E-state index is 0.665. The van der Waals surface area contributed by atoms with Crippen LogP contribution >= 0.6 is 15.9 Å². The van der Waals surface area contributed by atoms with Gasteiger partial charge in [-0.05, 0) is 60.3 Å². The summed E-state index contributed by atoms with van der Waals surface area (Å²) in [6.45, 7) is 2.35. The van der Waals surface area contributed by atoms with Crippen molar-refractivity contribution in [3.63, 3.8) is 0 Å². The summed E-state index contributed by atoms with van der Waals surface area (Å²) in [4.78, 5) is 0. The first-order valence-electron chi connectivity index (χ1n) is 6.03. The van der Waals surface area contributed by atoms with E-state index in [-0.39, 0.29) is 0 Å². The molecule has 1 unspecified atom stereocenters. The van der Waals surface area contributed by atoms with E-state index >= 15 is 0 Å². The third-order valence-corrected chi connectivity index (χ3v) is 5.02. The first-order valence-corrected chi connectivity index (χ1v) is 6.83. The number of rotatable bonds is 1. The number of benzene rings is 1. The van der Waals surface area contributed by atoms with Crippen molar-refractivity contribution in [2.75, 3.05) is 0 Å². The zero-order valence-corrected chi connectivity index (χ0v) is 10.8. The monoisotopic (exact) mass is 264 g/mol. The average Bonchev–Trinajstić information content (AvgIpc) is 2.50. The molecule has 2 aliphatic carbocycles.